The average molecular weight is 335 g/mol. The SMILES string of the molecule is Clc1cnc(N2CC3CC2CN3Cc2ccccn2)c(Cl)c1. The van der Waals surface area contributed by atoms with E-state index < -0.39 is 0 Å². The van der Waals surface area contributed by atoms with Crippen LogP contribution in [0, 0.1) is 0 Å². The highest BCUT2D eigenvalue weighted by atomic mass is 35.5. The molecule has 2 atom stereocenters. The van der Waals surface area contributed by atoms with E-state index in [0.717, 1.165) is 37.6 Å². The fraction of sp³-hybridized carbons (Fsp3) is 0.375. The van der Waals surface area contributed by atoms with Crippen molar-refractivity contribution in [3.8, 4) is 0 Å². The third-order valence-corrected chi connectivity index (χ3v) is 4.99. The van der Waals surface area contributed by atoms with Gasteiger partial charge in [0.1, 0.15) is 5.82 Å². The normalized spacial score (nSPS) is 24.2. The topological polar surface area (TPSA) is 32.3 Å². The lowest BCUT2D eigenvalue weighted by Gasteiger charge is -2.35. The fourth-order valence-corrected chi connectivity index (χ4v) is 4.01. The van der Waals surface area contributed by atoms with E-state index in [2.05, 4.69) is 25.8 Å². The molecule has 0 amide bonds. The lowest BCUT2D eigenvalue weighted by molar-refractivity contribution is 0.227. The molecule has 4 nitrogen and oxygen atoms in total. The number of rotatable bonds is 3. The van der Waals surface area contributed by atoms with Crippen LogP contribution >= 0.6 is 23.2 Å². The van der Waals surface area contributed by atoms with Gasteiger partial charge in [0.25, 0.3) is 0 Å². The molecule has 114 valence electrons. The summed E-state index contributed by atoms with van der Waals surface area (Å²) in [4.78, 5) is 13.7. The van der Waals surface area contributed by atoms with Gasteiger partial charge in [-0.1, -0.05) is 29.3 Å². The Kier molecular flexibility index (Phi) is 3.68. The van der Waals surface area contributed by atoms with Crippen LogP contribution in [0.5, 0.6) is 0 Å². The second-order valence-electron chi connectivity index (χ2n) is 5.91. The summed E-state index contributed by atoms with van der Waals surface area (Å²) in [5.74, 6) is 0.857. The third kappa shape index (κ3) is 2.56. The molecule has 0 aromatic carbocycles. The van der Waals surface area contributed by atoms with Gasteiger partial charge in [-0.2, -0.15) is 0 Å². The zero-order valence-electron chi connectivity index (χ0n) is 12.0. The molecular formula is C16H16Cl2N4. The molecule has 0 N–H and O–H groups in total. The van der Waals surface area contributed by atoms with Crippen LogP contribution in [0.25, 0.3) is 0 Å². The number of likely N-dealkylation sites (tertiary alicyclic amines) is 1. The average Bonchev–Trinajstić information content (AvgIpc) is 3.08. The molecule has 2 aromatic rings. The van der Waals surface area contributed by atoms with Crippen LogP contribution in [-0.2, 0) is 6.54 Å². The number of nitrogens with zero attached hydrogens (tertiary/aromatic N) is 4. The molecule has 0 spiro atoms. The Morgan fingerprint density at radius 1 is 1.14 bits per heavy atom. The molecule has 4 heterocycles. The Labute approximate surface area is 139 Å². The van der Waals surface area contributed by atoms with E-state index in [-0.39, 0.29) is 0 Å². The number of halogens is 2. The van der Waals surface area contributed by atoms with E-state index in [1.54, 1.807) is 12.3 Å². The minimum absolute atomic E-state index is 0.472. The van der Waals surface area contributed by atoms with Gasteiger partial charge < -0.3 is 4.90 Å². The van der Waals surface area contributed by atoms with Crippen molar-refractivity contribution in [3.63, 3.8) is 0 Å². The maximum atomic E-state index is 6.30. The van der Waals surface area contributed by atoms with Crippen molar-refractivity contribution in [1.82, 2.24) is 14.9 Å². The molecule has 2 unspecified atom stereocenters. The maximum Gasteiger partial charge on any atom is 0.147 e. The lowest BCUT2D eigenvalue weighted by Crippen LogP contribution is -2.46. The summed E-state index contributed by atoms with van der Waals surface area (Å²) in [6.45, 7) is 2.91. The van der Waals surface area contributed by atoms with E-state index in [0.29, 0.717) is 22.1 Å². The van der Waals surface area contributed by atoms with E-state index in [1.807, 2.05) is 18.3 Å². The van der Waals surface area contributed by atoms with E-state index in [9.17, 15) is 0 Å². The summed E-state index contributed by atoms with van der Waals surface area (Å²) < 4.78 is 0. The zero-order chi connectivity index (χ0) is 15.1. The Morgan fingerprint density at radius 2 is 2.05 bits per heavy atom. The number of anilines is 1. The fourth-order valence-electron chi connectivity index (χ4n) is 3.52. The number of hydrogen-bond acceptors (Lipinski definition) is 4. The van der Waals surface area contributed by atoms with Crippen molar-refractivity contribution in [2.75, 3.05) is 18.0 Å². The molecule has 2 aliphatic heterocycles. The first kappa shape index (κ1) is 14.2. The first-order valence-electron chi connectivity index (χ1n) is 7.42. The molecular weight excluding hydrogens is 319 g/mol. The number of piperazine rings is 1. The molecule has 4 rings (SSSR count). The van der Waals surface area contributed by atoms with E-state index in [1.165, 1.54) is 0 Å². The second-order valence-corrected chi connectivity index (χ2v) is 6.75. The monoisotopic (exact) mass is 334 g/mol. The molecule has 6 heteroatoms. The van der Waals surface area contributed by atoms with Crippen LogP contribution in [0.4, 0.5) is 5.82 Å². The van der Waals surface area contributed by atoms with Gasteiger partial charge in [0.15, 0.2) is 0 Å². The smallest absolute Gasteiger partial charge is 0.147 e. The number of hydrogen-bond donors (Lipinski definition) is 0. The van der Waals surface area contributed by atoms with Crippen molar-refractivity contribution in [3.05, 3.63) is 52.4 Å². The largest absolute Gasteiger partial charge is 0.349 e. The van der Waals surface area contributed by atoms with E-state index in [4.69, 9.17) is 23.2 Å². The van der Waals surface area contributed by atoms with Gasteiger partial charge in [-0.3, -0.25) is 9.88 Å². The van der Waals surface area contributed by atoms with Gasteiger partial charge in [0.2, 0.25) is 0 Å². The first-order chi connectivity index (χ1) is 10.7. The zero-order valence-corrected chi connectivity index (χ0v) is 13.5. The Bertz CT molecular complexity index is 679. The van der Waals surface area contributed by atoms with Gasteiger partial charge in [-0.05, 0) is 24.6 Å². The highest BCUT2D eigenvalue weighted by molar-refractivity contribution is 6.36. The summed E-state index contributed by atoms with van der Waals surface area (Å²) in [7, 11) is 0. The summed E-state index contributed by atoms with van der Waals surface area (Å²) in [5, 5.41) is 1.21. The Hall–Kier alpha value is -1.36. The summed E-state index contributed by atoms with van der Waals surface area (Å²) >= 11 is 12.2. The quantitative estimate of drug-likeness (QED) is 0.862. The highest BCUT2D eigenvalue weighted by Crippen LogP contribution is 2.37. The van der Waals surface area contributed by atoms with Crippen molar-refractivity contribution in [1.29, 1.82) is 0 Å². The number of fused-ring (bicyclic) bond motifs is 2. The molecule has 2 fully saturated rings. The predicted molar refractivity (Wildman–Crippen MR) is 88.4 cm³/mol. The van der Waals surface area contributed by atoms with Crippen molar-refractivity contribution < 1.29 is 0 Å². The maximum absolute atomic E-state index is 6.30. The van der Waals surface area contributed by atoms with Crippen molar-refractivity contribution in [2.45, 2.75) is 25.0 Å². The van der Waals surface area contributed by atoms with Crippen LogP contribution in [0.1, 0.15) is 12.1 Å². The minimum Gasteiger partial charge on any atom is -0.349 e. The molecule has 0 radical (unpaired) electrons. The van der Waals surface area contributed by atoms with Crippen LogP contribution in [0.15, 0.2) is 36.7 Å². The second kappa shape index (κ2) is 5.69. The molecule has 2 bridgehead atoms. The standard InChI is InChI=1S/C16H16Cl2N4/c17-11-5-15(18)16(20-7-11)22-10-13-6-14(22)9-21(13)8-12-3-1-2-4-19-12/h1-5,7,13-14H,6,8-10H2. The lowest BCUT2D eigenvalue weighted by atomic mass is 10.2. The predicted octanol–water partition coefficient (Wildman–Crippen LogP) is 3.25. The minimum atomic E-state index is 0.472. The molecule has 2 saturated heterocycles. The van der Waals surface area contributed by atoms with Crippen molar-refractivity contribution in [2.24, 2.45) is 0 Å². The summed E-state index contributed by atoms with van der Waals surface area (Å²) in [6, 6.07) is 8.86. The van der Waals surface area contributed by atoms with Crippen LogP contribution in [0.2, 0.25) is 10.0 Å². The molecule has 2 aromatic heterocycles. The highest BCUT2D eigenvalue weighted by Gasteiger charge is 2.44. The van der Waals surface area contributed by atoms with Crippen LogP contribution < -0.4 is 4.90 Å². The number of pyridine rings is 2. The van der Waals surface area contributed by atoms with Crippen molar-refractivity contribution >= 4 is 29.0 Å². The number of aromatic nitrogens is 2. The Balaban J connectivity index is 1.48. The first-order valence-corrected chi connectivity index (χ1v) is 8.18. The molecule has 0 aliphatic carbocycles. The van der Waals surface area contributed by atoms with Gasteiger partial charge in [-0.25, -0.2) is 4.98 Å². The molecule has 2 aliphatic rings. The van der Waals surface area contributed by atoms with Gasteiger partial charge in [0.05, 0.1) is 15.7 Å². The van der Waals surface area contributed by atoms with Crippen LogP contribution in [0.3, 0.4) is 0 Å². The Morgan fingerprint density at radius 3 is 2.73 bits per heavy atom. The van der Waals surface area contributed by atoms with Gasteiger partial charge >= 0.3 is 0 Å². The van der Waals surface area contributed by atoms with Gasteiger partial charge in [0, 0.05) is 44.1 Å². The summed E-state index contributed by atoms with van der Waals surface area (Å²) in [6.07, 6.45) is 4.68. The molecule has 0 saturated carbocycles. The van der Waals surface area contributed by atoms with Crippen LogP contribution in [-0.4, -0.2) is 40.0 Å². The van der Waals surface area contributed by atoms with Gasteiger partial charge in [-0.15, -0.1) is 0 Å². The summed E-state index contributed by atoms with van der Waals surface area (Å²) in [5.41, 5.74) is 1.13. The third-order valence-electron chi connectivity index (χ3n) is 4.51. The van der Waals surface area contributed by atoms with E-state index >= 15 is 0 Å². The molecule has 22 heavy (non-hydrogen) atoms.